The number of nitrogens with one attached hydrogen (secondary N) is 1. The van der Waals surface area contributed by atoms with Crippen LogP contribution in [0.5, 0.6) is 0 Å². The second-order valence-electron chi connectivity index (χ2n) is 4.00. The van der Waals surface area contributed by atoms with E-state index in [0.717, 1.165) is 12.1 Å². The van der Waals surface area contributed by atoms with Crippen LogP contribution in [0.15, 0.2) is 40.9 Å². The minimum atomic E-state index is -0.655. The summed E-state index contributed by atoms with van der Waals surface area (Å²) in [6.07, 6.45) is 0. The molecule has 0 unspecified atom stereocenters. The monoisotopic (exact) mass is 372 g/mol. The summed E-state index contributed by atoms with van der Waals surface area (Å²) >= 11 is 8.89. The molecule has 2 rings (SSSR count). The third-order valence-electron chi connectivity index (χ3n) is 2.58. The molecule has 0 atom stereocenters. The standard InChI is InChI=1S/C13H7BrClFN2O3/c14-8-2-3-10(16)11(6-8)17-13(19)7-1-4-12(18(20)21)9(15)5-7/h1-6H,(H,17,19). The lowest BCUT2D eigenvalue weighted by molar-refractivity contribution is -0.384. The third kappa shape index (κ3) is 3.56. The van der Waals surface area contributed by atoms with Gasteiger partial charge in [0.2, 0.25) is 0 Å². The van der Waals surface area contributed by atoms with Gasteiger partial charge in [0.1, 0.15) is 10.8 Å². The highest BCUT2D eigenvalue weighted by atomic mass is 79.9. The predicted octanol–water partition coefficient (Wildman–Crippen LogP) is 4.40. The van der Waals surface area contributed by atoms with Crippen molar-refractivity contribution in [3.8, 4) is 0 Å². The Bertz CT molecular complexity index is 739. The van der Waals surface area contributed by atoms with E-state index in [0.29, 0.717) is 4.47 Å². The Balaban J connectivity index is 2.26. The summed E-state index contributed by atoms with van der Waals surface area (Å²) in [5.41, 5.74) is -0.226. The number of benzene rings is 2. The molecule has 0 aliphatic rings. The smallest absolute Gasteiger partial charge is 0.287 e. The van der Waals surface area contributed by atoms with E-state index in [2.05, 4.69) is 21.2 Å². The predicted molar refractivity (Wildman–Crippen MR) is 80.2 cm³/mol. The van der Waals surface area contributed by atoms with Crippen LogP contribution in [0.25, 0.3) is 0 Å². The first kappa shape index (κ1) is 15.4. The summed E-state index contributed by atoms with van der Waals surface area (Å²) in [5, 5.41) is 12.8. The van der Waals surface area contributed by atoms with Crippen LogP contribution in [-0.4, -0.2) is 10.8 Å². The van der Waals surface area contributed by atoms with E-state index in [1.165, 1.54) is 24.3 Å². The number of rotatable bonds is 3. The highest BCUT2D eigenvalue weighted by molar-refractivity contribution is 9.10. The van der Waals surface area contributed by atoms with Crippen LogP contribution in [0.1, 0.15) is 10.4 Å². The SMILES string of the molecule is O=C(Nc1cc(Br)ccc1F)c1ccc([N+](=O)[O-])c(Cl)c1. The molecule has 0 heterocycles. The third-order valence-corrected chi connectivity index (χ3v) is 3.38. The Morgan fingerprint density at radius 2 is 2.00 bits per heavy atom. The minimum absolute atomic E-state index is 0.0103. The summed E-state index contributed by atoms with van der Waals surface area (Å²) in [4.78, 5) is 22.0. The molecule has 0 saturated heterocycles. The molecular weight excluding hydrogens is 367 g/mol. The van der Waals surface area contributed by atoms with Gasteiger partial charge in [0, 0.05) is 16.1 Å². The van der Waals surface area contributed by atoms with Crippen molar-refractivity contribution < 1.29 is 14.1 Å². The van der Waals surface area contributed by atoms with Gasteiger partial charge in [-0.05, 0) is 30.3 Å². The quantitative estimate of drug-likeness (QED) is 0.640. The second-order valence-corrected chi connectivity index (χ2v) is 5.32. The van der Waals surface area contributed by atoms with Crippen molar-refractivity contribution in [1.29, 1.82) is 0 Å². The molecule has 0 aromatic heterocycles. The molecule has 0 radical (unpaired) electrons. The Labute approximate surface area is 132 Å². The number of nitro groups is 1. The number of hydrogen-bond acceptors (Lipinski definition) is 3. The molecule has 108 valence electrons. The van der Waals surface area contributed by atoms with Gasteiger partial charge in [-0.2, -0.15) is 0 Å². The number of carbonyl (C=O) groups excluding carboxylic acids is 1. The van der Waals surface area contributed by atoms with E-state index < -0.39 is 16.6 Å². The molecule has 0 fully saturated rings. The lowest BCUT2D eigenvalue weighted by atomic mass is 10.2. The van der Waals surface area contributed by atoms with Crippen molar-refractivity contribution in [3.63, 3.8) is 0 Å². The number of amides is 1. The van der Waals surface area contributed by atoms with E-state index in [-0.39, 0.29) is 22.0 Å². The summed E-state index contributed by atoms with van der Waals surface area (Å²) in [6, 6.07) is 7.62. The first-order valence-corrected chi connectivity index (χ1v) is 6.76. The maximum absolute atomic E-state index is 13.5. The fraction of sp³-hybridized carbons (Fsp3) is 0. The van der Waals surface area contributed by atoms with E-state index in [9.17, 15) is 19.3 Å². The number of halogens is 3. The summed E-state index contributed by atoms with van der Waals surface area (Å²) in [7, 11) is 0. The van der Waals surface area contributed by atoms with Gasteiger partial charge in [0.05, 0.1) is 10.6 Å². The van der Waals surface area contributed by atoms with Gasteiger partial charge in [-0.3, -0.25) is 14.9 Å². The van der Waals surface area contributed by atoms with Crippen LogP contribution in [-0.2, 0) is 0 Å². The van der Waals surface area contributed by atoms with E-state index >= 15 is 0 Å². The van der Waals surface area contributed by atoms with Crippen LogP contribution in [0.2, 0.25) is 5.02 Å². The average Bonchev–Trinajstić information content (AvgIpc) is 2.42. The molecule has 0 bridgehead atoms. The first-order valence-electron chi connectivity index (χ1n) is 5.59. The number of carbonyl (C=O) groups is 1. The number of hydrogen-bond donors (Lipinski definition) is 1. The zero-order valence-electron chi connectivity index (χ0n) is 10.3. The highest BCUT2D eigenvalue weighted by Gasteiger charge is 2.16. The average molecular weight is 374 g/mol. The Morgan fingerprint density at radius 1 is 1.29 bits per heavy atom. The first-order chi connectivity index (χ1) is 9.88. The van der Waals surface area contributed by atoms with Crippen molar-refractivity contribution in [1.82, 2.24) is 0 Å². The van der Waals surface area contributed by atoms with Crippen LogP contribution in [0.4, 0.5) is 15.8 Å². The van der Waals surface area contributed by atoms with Crippen molar-refractivity contribution in [2.45, 2.75) is 0 Å². The van der Waals surface area contributed by atoms with Gasteiger partial charge in [-0.1, -0.05) is 27.5 Å². The second kappa shape index (κ2) is 6.19. The molecule has 8 heteroatoms. The van der Waals surface area contributed by atoms with Crippen LogP contribution < -0.4 is 5.32 Å². The van der Waals surface area contributed by atoms with E-state index in [1.807, 2.05) is 0 Å². The van der Waals surface area contributed by atoms with Gasteiger partial charge >= 0.3 is 0 Å². The topological polar surface area (TPSA) is 72.2 Å². The van der Waals surface area contributed by atoms with Crippen LogP contribution in [0.3, 0.4) is 0 Å². The van der Waals surface area contributed by atoms with Gasteiger partial charge in [0.15, 0.2) is 0 Å². The minimum Gasteiger partial charge on any atom is -0.319 e. The zero-order valence-corrected chi connectivity index (χ0v) is 12.6. The molecule has 1 amide bonds. The largest absolute Gasteiger partial charge is 0.319 e. The molecule has 1 N–H and O–H groups in total. The Kier molecular flexibility index (Phi) is 4.54. The van der Waals surface area contributed by atoms with Crippen molar-refractivity contribution >= 4 is 44.8 Å². The molecule has 5 nitrogen and oxygen atoms in total. The van der Waals surface area contributed by atoms with E-state index in [4.69, 9.17) is 11.6 Å². The normalized spacial score (nSPS) is 10.2. The maximum Gasteiger partial charge on any atom is 0.287 e. The molecule has 2 aromatic rings. The van der Waals surface area contributed by atoms with Gasteiger partial charge < -0.3 is 5.32 Å². The van der Waals surface area contributed by atoms with Crippen molar-refractivity contribution in [2.24, 2.45) is 0 Å². The Hall–Kier alpha value is -1.99. The molecule has 0 spiro atoms. The van der Waals surface area contributed by atoms with Crippen molar-refractivity contribution in [2.75, 3.05) is 5.32 Å². The molecule has 0 aliphatic carbocycles. The highest BCUT2D eigenvalue weighted by Crippen LogP contribution is 2.26. The van der Waals surface area contributed by atoms with Crippen LogP contribution >= 0.6 is 27.5 Å². The lowest BCUT2D eigenvalue weighted by Gasteiger charge is -2.07. The lowest BCUT2D eigenvalue weighted by Crippen LogP contribution is -2.13. The number of anilines is 1. The van der Waals surface area contributed by atoms with Gasteiger partial charge in [0.25, 0.3) is 11.6 Å². The molecule has 21 heavy (non-hydrogen) atoms. The molecule has 0 aliphatic heterocycles. The zero-order chi connectivity index (χ0) is 15.6. The van der Waals surface area contributed by atoms with E-state index in [1.54, 1.807) is 0 Å². The molecule has 0 saturated carbocycles. The summed E-state index contributed by atoms with van der Waals surface area (Å²) in [5.74, 6) is -1.22. The number of nitro benzene ring substituents is 1. The molecule has 2 aromatic carbocycles. The summed E-state index contributed by atoms with van der Waals surface area (Å²) in [6.45, 7) is 0. The van der Waals surface area contributed by atoms with Crippen LogP contribution in [0, 0.1) is 15.9 Å². The number of nitrogens with zero attached hydrogens (tertiary/aromatic N) is 1. The Morgan fingerprint density at radius 3 is 2.62 bits per heavy atom. The fourth-order valence-corrected chi connectivity index (χ4v) is 2.19. The maximum atomic E-state index is 13.5. The van der Waals surface area contributed by atoms with Gasteiger partial charge in [-0.15, -0.1) is 0 Å². The van der Waals surface area contributed by atoms with Crippen molar-refractivity contribution in [3.05, 3.63) is 67.4 Å². The summed E-state index contributed by atoms with van der Waals surface area (Å²) < 4.78 is 14.1. The fourth-order valence-electron chi connectivity index (χ4n) is 1.58. The molecular formula is C13H7BrClFN2O3. The van der Waals surface area contributed by atoms with Gasteiger partial charge in [-0.25, -0.2) is 4.39 Å².